The van der Waals surface area contributed by atoms with E-state index in [0.717, 1.165) is 53.9 Å². The van der Waals surface area contributed by atoms with Crippen LogP contribution in [-0.4, -0.2) is 10.5 Å². The van der Waals surface area contributed by atoms with Gasteiger partial charge in [-0.05, 0) is 52.7 Å². The Bertz CT molecular complexity index is 878. The number of hydrogen-bond acceptors (Lipinski definition) is 2. The van der Waals surface area contributed by atoms with Gasteiger partial charge in [-0.15, -0.1) is 0 Å². The van der Waals surface area contributed by atoms with Gasteiger partial charge in [0.2, 0.25) is 5.43 Å². The van der Waals surface area contributed by atoms with E-state index in [2.05, 4.69) is 42.0 Å². The number of anilines is 1. The fraction of sp³-hybridized carbons (Fsp3) is 0.455. The van der Waals surface area contributed by atoms with E-state index in [-0.39, 0.29) is 16.9 Å². The van der Waals surface area contributed by atoms with Crippen molar-refractivity contribution < 1.29 is 4.79 Å². The number of benzene rings is 1. The van der Waals surface area contributed by atoms with Gasteiger partial charge in [-0.3, -0.25) is 9.59 Å². The molecule has 1 N–H and O–H groups in total. The fourth-order valence-electron chi connectivity index (χ4n) is 3.58. The van der Waals surface area contributed by atoms with E-state index in [4.69, 9.17) is 0 Å². The Kier molecular flexibility index (Phi) is 7.42. The van der Waals surface area contributed by atoms with Crippen molar-refractivity contribution in [3.8, 4) is 0 Å². The number of para-hydroxylation sites is 1. The van der Waals surface area contributed by atoms with Gasteiger partial charge in [0.05, 0.1) is 4.47 Å². The average Bonchev–Trinajstić information content (AvgIpc) is 2.66. The largest absolute Gasteiger partial charge is 0.350 e. The minimum atomic E-state index is -0.321. The second-order valence-corrected chi connectivity index (χ2v) is 7.48. The molecule has 1 heterocycles. The summed E-state index contributed by atoms with van der Waals surface area (Å²) < 4.78 is 2.48. The number of halogens is 1. The molecule has 0 unspecified atom stereocenters. The lowest BCUT2D eigenvalue weighted by molar-refractivity contribution is 0.102. The van der Waals surface area contributed by atoms with Crippen molar-refractivity contribution in [2.45, 2.75) is 59.8 Å². The summed E-state index contributed by atoms with van der Waals surface area (Å²) in [6.45, 7) is 8.21. The van der Waals surface area contributed by atoms with Gasteiger partial charge in [0.1, 0.15) is 5.56 Å². The van der Waals surface area contributed by atoms with Gasteiger partial charge in [-0.25, -0.2) is 0 Å². The van der Waals surface area contributed by atoms with Crippen LogP contribution in [0.5, 0.6) is 0 Å². The molecule has 0 fully saturated rings. The quantitative estimate of drug-likeness (QED) is 0.665. The van der Waals surface area contributed by atoms with Crippen molar-refractivity contribution in [1.82, 2.24) is 4.57 Å². The maximum absolute atomic E-state index is 13.2. The van der Waals surface area contributed by atoms with Crippen molar-refractivity contribution in [2.75, 3.05) is 5.32 Å². The van der Waals surface area contributed by atoms with Gasteiger partial charge in [-0.2, -0.15) is 0 Å². The van der Waals surface area contributed by atoms with E-state index >= 15 is 0 Å². The Morgan fingerprint density at radius 3 is 2.11 bits per heavy atom. The highest BCUT2D eigenvalue weighted by atomic mass is 79.9. The summed E-state index contributed by atoms with van der Waals surface area (Å²) in [6.07, 6.45) is 3.92. The average molecular weight is 433 g/mol. The molecule has 27 heavy (non-hydrogen) atoms. The number of aromatic nitrogens is 1. The summed E-state index contributed by atoms with van der Waals surface area (Å²) in [4.78, 5) is 26.2. The third kappa shape index (κ3) is 4.18. The molecule has 1 aromatic heterocycles. The summed E-state index contributed by atoms with van der Waals surface area (Å²) in [5.74, 6) is -0.321. The van der Waals surface area contributed by atoms with E-state index in [1.165, 1.54) is 0 Å². The van der Waals surface area contributed by atoms with Gasteiger partial charge in [0.25, 0.3) is 5.91 Å². The first-order chi connectivity index (χ1) is 12.9. The van der Waals surface area contributed by atoms with Gasteiger partial charge in [-0.1, -0.05) is 52.3 Å². The van der Waals surface area contributed by atoms with Crippen LogP contribution >= 0.6 is 15.9 Å². The van der Waals surface area contributed by atoms with Crippen LogP contribution in [0.25, 0.3) is 0 Å². The molecule has 146 valence electrons. The van der Waals surface area contributed by atoms with Crippen molar-refractivity contribution >= 4 is 27.5 Å². The lowest BCUT2D eigenvalue weighted by Crippen LogP contribution is -2.30. The summed E-state index contributed by atoms with van der Waals surface area (Å²) in [6, 6.07) is 6.06. The topological polar surface area (TPSA) is 51.1 Å². The van der Waals surface area contributed by atoms with E-state index in [0.29, 0.717) is 10.9 Å². The molecule has 0 aliphatic carbocycles. The molecule has 0 saturated heterocycles. The lowest BCUT2D eigenvalue weighted by Gasteiger charge is -2.20. The number of rotatable bonds is 7. The summed E-state index contributed by atoms with van der Waals surface area (Å²) in [7, 11) is 1.93. The molecule has 4 nitrogen and oxygen atoms in total. The van der Waals surface area contributed by atoms with Crippen LogP contribution in [0.1, 0.15) is 67.0 Å². The number of carbonyl (C=O) groups excluding carboxylic acids is 1. The Labute approximate surface area is 170 Å². The predicted molar refractivity (Wildman–Crippen MR) is 116 cm³/mol. The minimum absolute atomic E-state index is 0.224. The van der Waals surface area contributed by atoms with Crippen molar-refractivity contribution in [2.24, 2.45) is 7.05 Å². The molecule has 0 saturated carbocycles. The zero-order valence-electron chi connectivity index (χ0n) is 16.9. The van der Waals surface area contributed by atoms with Crippen molar-refractivity contribution in [1.29, 1.82) is 0 Å². The molecule has 0 atom stereocenters. The van der Waals surface area contributed by atoms with Crippen LogP contribution in [0.2, 0.25) is 0 Å². The maximum atomic E-state index is 13.2. The molecule has 1 amide bonds. The first-order valence-electron chi connectivity index (χ1n) is 9.73. The number of nitrogens with one attached hydrogen (secondary N) is 1. The van der Waals surface area contributed by atoms with Crippen LogP contribution in [0.15, 0.2) is 27.5 Å². The SMILES string of the molecule is CCCc1c(C(=O)Nc2c(CC)cccc2CC)c(=O)c(Br)c(CC)n1C. The molecule has 1 aromatic carbocycles. The monoisotopic (exact) mass is 432 g/mol. The molecule has 5 heteroatoms. The number of carbonyl (C=O) groups is 1. The zero-order chi connectivity index (χ0) is 20.1. The molecule has 2 rings (SSSR count). The normalized spacial score (nSPS) is 10.9. The summed E-state index contributed by atoms with van der Waals surface area (Å²) >= 11 is 3.42. The van der Waals surface area contributed by atoms with E-state index < -0.39 is 0 Å². The number of aryl methyl sites for hydroxylation is 2. The molecule has 0 radical (unpaired) electrons. The summed E-state index contributed by atoms with van der Waals surface area (Å²) in [5, 5.41) is 3.06. The first-order valence-corrected chi connectivity index (χ1v) is 10.5. The highest BCUT2D eigenvalue weighted by Gasteiger charge is 2.23. The van der Waals surface area contributed by atoms with Gasteiger partial charge in [0, 0.05) is 24.1 Å². The smallest absolute Gasteiger partial charge is 0.261 e. The molecule has 0 spiro atoms. The predicted octanol–water partition coefficient (Wildman–Crippen LogP) is 5.04. The van der Waals surface area contributed by atoms with Gasteiger partial charge < -0.3 is 9.88 Å². The van der Waals surface area contributed by atoms with Gasteiger partial charge >= 0.3 is 0 Å². The summed E-state index contributed by atoms with van der Waals surface area (Å²) in [5.41, 5.74) is 4.75. The third-order valence-corrected chi connectivity index (χ3v) is 5.88. The Morgan fingerprint density at radius 1 is 1.04 bits per heavy atom. The van der Waals surface area contributed by atoms with E-state index in [1.807, 2.05) is 36.7 Å². The Morgan fingerprint density at radius 2 is 1.63 bits per heavy atom. The molecule has 0 aliphatic rings. The number of nitrogens with zero attached hydrogens (tertiary/aromatic N) is 1. The zero-order valence-corrected chi connectivity index (χ0v) is 18.5. The maximum Gasteiger partial charge on any atom is 0.261 e. The fourth-order valence-corrected chi connectivity index (χ4v) is 4.33. The standard InChI is InChI=1S/C22H29BrN2O2/c1-6-11-17-18(21(26)19(23)16(9-4)25(17)5)22(27)24-20-14(7-2)12-10-13-15(20)8-3/h10,12-13H,6-9,11H2,1-5H3,(H,24,27). The van der Waals surface area contributed by atoms with E-state index in [1.54, 1.807) is 0 Å². The molecular formula is C22H29BrN2O2. The second kappa shape index (κ2) is 9.36. The molecule has 2 aromatic rings. The molecular weight excluding hydrogens is 404 g/mol. The van der Waals surface area contributed by atoms with Crippen LogP contribution in [0.4, 0.5) is 5.69 Å². The lowest BCUT2D eigenvalue weighted by atomic mass is 10.0. The number of hydrogen-bond donors (Lipinski definition) is 1. The van der Waals surface area contributed by atoms with Gasteiger partial charge in [0.15, 0.2) is 0 Å². The molecule has 0 bridgehead atoms. The minimum Gasteiger partial charge on any atom is -0.350 e. The Balaban J connectivity index is 2.63. The van der Waals surface area contributed by atoms with Crippen molar-refractivity contribution in [3.63, 3.8) is 0 Å². The van der Waals surface area contributed by atoms with Crippen LogP contribution in [-0.2, 0) is 32.7 Å². The third-order valence-electron chi connectivity index (χ3n) is 5.06. The van der Waals surface area contributed by atoms with Crippen LogP contribution in [0, 0.1) is 0 Å². The van der Waals surface area contributed by atoms with E-state index in [9.17, 15) is 9.59 Å². The Hall–Kier alpha value is -1.88. The highest BCUT2D eigenvalue weighted by Crippen LogP contribution is 2.25. The second-order valence-electron chi connectivity index (χ2n) is 6.69. The highest BCUT2D eigenvalue weighted by molar-refractivity contribution is 9.10. The van der Waals surface area contributed by atoms with Crippen LogP contribution < -0.4 is 10.7 Å². The first kappa shape index (κ1) is 21.4. The molecule has 0 aliphatic heterocycles. The number of amides is 1. The van der Waals surface area contributed by atoms with Crippen LogP contribution in [0.3, 0.4) is 0 Å². The number of pyridine rings is 1. The van der Waals surface area contributed by atoms with Crippen molar-refractivity contribution in [3.05, 3.63) is 61.0 Å².